The molecule has 7 rings (SSSR count). The van der Waals surface area contributed by atoms with Crippen LogP contribution in [-0.4, -0.2) is 19.6 Å². The molecular formula is C26H12BrF3N4O4. The van der Waals surface area contributed by atoms with E-state index in [9.17, 15) is 18.0 Å². The van der Waals surface area contributed by atoms with Crippen LogP contribution in [0.15, 0.2) is 85.3 Å². The maximum absolute atomic E-state index is 13.4. The molecule has 0 fully saturated rings. The smallest absolute Gasteiger partial charge is 0.416 e. The third kappa shape index (κ3) is 3.44. The van der Waals surface area contributed by atoms with Crippen LogP contribution in [0.1, 0.15) is 28.2 Å². The van der Waals surface area contributed by atoms with Crippen LogP contribution in [0.5, 0.6) is 11.6 Å². The van der Waals surface area contributed by atoms with Crippen molar-refractivity contribution in [3.05, 3.63) is 104 Å². The molecule has 0 saturated heterocycles. The van der Waals surface area contributed by atoms with Gasteiger partial charge in [-0.1, -0.05) is 24.3 Å². The number of hydrogen-bond donors (Lipinski definition) is 0. The van der Waals surface area contributed by atoms with Gasteiger partial charge in [-0.05, 0) is 57.9 Å². The number of para-hydroxylation sites is 1. The molecule has 0 N–H and O–H groups in total. The van der Waals surface area contributed by atoms with Gasteiger partial charge in [0, 0.05) is 0 Å². The minimum atomic E-state index is -4.52. The number of rotatable bonds is 2. The van der Waals surface area contributed by atoms with E-state index in [0.29, 0.717) is 38.2 Å². The number of aromatic nitrogens is 4. The van der Waals surface area contributed by atoms with Gasteiger partial charge < -0.3 is 13.6 Å². The monoisotopic (exact) mass is 580 g/mol. The van der Waals surface area contributed by atoms with Crippen LogP contribution in [-0.2, 0) is 6.18 Å². The Morgan fingerprint density at radius 3 is 2.47 bits per heavy atom. The zero-order chi connectivity index (χ0) is 26.2. The summed E-state index contributed by atoms with van der Waals surface area (Å²) >= 11 is 3.25. The molecule has 1 atom stereocenters. The molecule has 12 heteroatoms. The summed E-state index contributed by atoms with van der Waals surface area (Å²) in [6.45, 7) is 0. The molecule has 0 aliphatic carbocycles. The first-order valence-corrected chi connectivity index (χ1v) is 12.0. The molecule has 1 unspecified atom stereocenters. The van der Waals surface area contributed by atoms with E-state index in [4.69, 9.17) is 13.6 Å². The highest BCUT2D eigenvalue weighted by molar-refractivity contribution is 9.10. The van der Waals surface area contributed by atoms with E-state index in [2.05, 4.69) is 31.0 Å². The van der Waals surface area contributed by atoms with Crippen LogP contribution in [0.25, 0.3) is 28.2 Å². The molecule has 6 aromatic rings. The van der Waals surface area contributed by atoms with Crippen LogP contribution in [0.2, 0.25) is 0 Å². The number of nitrogens with zero attached hydrogens (tertiary/aromatic N) is 4. The van der Waals surface area contributed by atoms with Crippen molar-refractivity contribution in [2.24, 2.45) is 0 Å². The normalized spacial score (nSPS) is 14.9. The Hall–Kier alpha value is -4.45. The third-order valence-corrected chi connectivity index (χ3v) is 6.75. The van der Waals surface area contributed by atoms with E-state index in [-0.39, 0.29) is 23.0 Å². The molecule has 1 aliphatic rings. The molecule has 2 aromatic carbocycles. The summed E-state index contributed by atoms with van der Waals surface area (Å²) in [5.74, 6) is 0.0796. The Kier molecular flexibility index (Phi) is 4.80. The first kappa shape index (κ1) is 22.7. The second-order valence-corrected chi connectivity index (χ2v) is 9.34. The standard InChI is InChI=1S/C26H12BrF3N4O4/c27-17-10-9-16(36-17)22-32-23-20-18(12-5-7-13(8-6-12)26(28,29)30)19-21(38-24(20)31-11-34(23)33-22)14-3-1-2-4-15(14)37-25(19)35/h1-11,18H. The third-order valence-electron chi connectivity index (χ3n) is 6.33. The summed E-state index contributed by atoms with van der Waals surface area (Å²) in [6, 6.07) is 14.8. The predicted molar refractivity (Wildman–Crippen MR) is 131 cm³/mol. The van der Waals surface area contributed by atoms with Gasteiger partial charge in [-0.25, -0.2) is 19.3 Å². The highest BCUT2D eigenvalue weighted by Crippen LogP contribution is 2.49. The van der Waals surface area contributed by atoms with E-state index in [1.165, 1.54) is 23.0 Å². The van der Waals surface area contributed by atoms with Crippen LogP contribution in [0, 0.1) is 0 Å². The van der Waals surface area contributed by atoms with E-state index in [1.807, 2.05) is 0 Å². The van der Waals surface area contributed by atoms with Crippen molar-refractivity contribution in [3.8, 4) is 23.2 Å². The quantitative estimate of drug-likeness (QED) is 0.214. The second kappa shape index (κ2) is 8.02. The zero-order valence-corrected chi connectivity index (χ0v) is 20.4. The molecule has 8 nitrogen and oxygen atoms in total. The Bertz CT molecular complexity index is 1940. The number of halogens is 4. The summed E-state index contributed by atoms with van der Waals surface area (Å²) < 4.78 is 59.2. The highest BCUT2D eigenvalue weighted by Gasteiger charge is 2.38. The maximum atomic E-state index is 13.4. The van der Waals surface area contributed by atoms with Gasteiger partial charge in [-0.15, -0.1) is 5.10 Å². The molecule has 4 aromatic heterocycles. The number of benzene rings is 2. The molecule has 0 radical (unpaired) electrons. The fourth-order valence-electron chi connectivity index (χ4n) is 4.67. The topological polar surface area (TPSA) is 95.7 Å². The van der Waals surface area contributed by atoms with Gasteiger partial charge in [-0.3, -0.25) is 0 Å². The number of ether oxygens (including phenoxy) is 1. The van der Waals surface area contributed by atoms with Crippen molar-refractivity contribution in [2.45, 2.75) is 12.1 Å². The molecule has 1 aliphatic heterocycles. The molecule has 0 saturated carbocycles. The molecule has 0 amide bonds. The second-order valence-electron chi connectivity index (χ2n) is 8.55. The van der Waals surface area contributed by atoms with Gasteiger partial charge in [-0.2, -0.15) is 13.2 Å². The van der Waals surface area contributed by atoms with Crippen LogP contribution >= 0.6 is 15.9 Å². The Labute approximate surface area is 218 Å². The minimum absolute atomic E-state index is 0.121. The summed E-state index contributed by atoms with van der Waals surface area (Å²) in [4.78, 5) is 22.4. The lowest BCUT2D eigenvalue weighted by atomic mass is 9.84. The van der Waals surface area contributed by atoms with Crippen molar-refractivity contribution in [1.29, 1.82) is 0 Å². The summed E-state index contributed by atoms with van der Waals surface area (Å²) in [5.41, 5.74) is -0.0371. The zero-order valence-electron chi connectivity index (χ0n) is 18.9. The summed E-state index contributed by atoms with van der Waals surface area (Å²) in [6.07, 6.45) is -3.11. The largest absolute Gasteiger partial charge is 0.446 e. The van der Waals surface area contributed by atoms with Crippen molar-refractivity contribution in [2.75, 3.05) is 0 Å². The molecule has 0 spiro atoms. The summed E-state index contributed by atoms with van der Waals surface area (Å²) in [7, 11) is 0. The van der Waals surface area contributed by atoms with Gasteiger partial charge in [0.05, 0.1) is 28.0 Å². The summed E-state index contributed by atoms with van der Waals surface area (Å²) in [5, 5.41) is 4.95. The average Bonchev–Trinajstić information content (AvgIpc) is 3.53. The number of alkyl halides is 3. The molecule has 5 heterocycles. The average molecular weight is 581 g/mol. The number of furan rings is 1. The number of fused-ring (bicyclic) bond motifs is 6. The Balaban J connectivity index is 1.52. The molecule has 0 bridgehead atoms. The first-order chi connectivity index (χ1) is 18.3. The SMILES string of the molecule is O=c1oc2ccccc2c2c1C(c1ccc(C(F)(F)F)cc1)c1c(ncn3nc(-c4ccc(Br)o4)nc13)O2. The molecule has 38 heavy (non-hydrogen) atoms. The van der Waals surface area contributed by atoms with Gasteiger partial charge >= 0.3 is 11.8 Å². The van der Waals surface area contributed by atoms with Crippen LogP contribution in [0.3, 0.4) is 0 Å². The minimum Gasteiger partial charge on any atom is -0.446 e. The molecular weight excluding hydrogens is 569 g/mol. The van der Waals surface area contributed by atoms with Crippen molar-refractivity contribution in [3.63, 3.8) is 0 Å². The Morgan fingerprint density at radius 1 is 0.947 bits per heavy atom. The maximum Gasteiger partial charge on any atom is 0.416 e. The van der Waals surface area contributed by atoms with Crippen LogP contribution in [0.4, 0.5) is 13.2 Å². The van der Waals surface area contributed by atoms with E-state index in [1.54, 1.807) is 36.4 Å². The predicted octanol–water partition coefficient (Wildman–Crippen LogP) is 6.56. The lowest BCUT2D eigenvalue weighted by molar-refractivity contribution is -0.137. The van der Waals surface area contributed by atoms with Gasteiger partial charge in [0.1, 0.15) is 11.9 Å². The van der Waals surface area contributed by atoms with Crippen molar-refractivity contribution in [1.82, 2.24) is 19.6 Å². The highest BCUT2D eigenvalue weighted by atomic mass is 79.9. The lowest BCUT2D eigenvalue weighted by Crippen LogP contribution is -2.22. The fraction of sp³-hybridized carbons (Fsp3) is 0.0769. The van der Waals surface area contributed by atoms with Gasteiger partial charge in [0.15, 0.2) is 21.8 Å². The first-order valence-electron chi connectivity index (χ1n) is 11.2. The Morgan fingerprint density at radius 2 is 1.74 bits per heavy atom. The van der Waals surface area contributed by atoms with Crippen molar-refractivity contribution >= 4 is 32.5 Å². The van der Waals surface area contributed by atoms with E-state index in [0.717, 1.165) is 12.1 Å². The lowest BCUT2D eigenvalue weighted by Gasteiger charge is -2.27. The van der Waals surface area contributed by atoms with E-state index < -0.39 is 23.3 Å². The van der Waals surface area contributed by atoms with Gasteiger partial charge in [0.2, 0.25) is 11.7 Å². The number of hydrogen-bond acceptors (Lipinski definition) is 7. The van der Waals surface area contributed by atoms with Crippen LogP contribution < -0.4 is 10.4 Å². The van der Waals surface area contributed by atoms with Crippen molar-refractivity contribution < 1.29 is 26.7 Å². The molecule has 188 valence electrons. The van der Waals surface area contributed by atoms with Gasteiger partial charge in [0.25, 0.3) is 0 Å². The van der Waals surface area contributed by atoms with E-state index >= 15 is 0 Å². The fourth-order valence-corrected chi connectivity index (χ4v) is 4.97.